The van der Waals surface area contributed by atoms with Crippen LogP contribution in [0, 0.1) is 0 Å². The molecule has 4 aromatic heterocycles. The lowest BCUT2D eigenvalue weighted by Gasteiger charge is -2.32. The Morgan fingerprint density at radius 3 is 1.22 bits per heavy atom. The number of ether oxygens (including phenoxy) is 4. The summed E-state index contributed by atoms with van der Waals surface area (Å²) in [4.78, 5) is 84.9. The molecule has 1 saturated heterocycles. The van der Waals surface area contributed by atoms with Gasteiger partial charge in [-0.05, 0) is 139 Å². The Hall–Kier alpha value is -4.82. The lowest BCUT2D eigenvalue weighted by Crippen LogP contribution is -2.41. The van der Waals surface area contributed by atoms with E-state index in [1.807, 2.05) is 27.7 Å². The largest absolute Gasteiger partial charge is 0.496 e. The fraction of sp³-hybridized carbons (Fsp3) is 0.579. The van der Waals surface area contributed by atoms with Crippen molar-refractivity contribution in [3.8, 4) is 0 Å². The van der Waals surface area contributed by atoms with E-state index in [1.165, 1.54) is 24.5 Å². The van der Waals surface area contributed by atoms with Gasteiger partial charge in [0.1, 0.15) is 33.4 Å². The predicted molar refractivity (Wildman–Crippen MR) is 218 cm³/mol. The summed E-state index contributed by atoms with van der Waals surface area (Å²) in [6.45, 7) is 27.8. The van der Waals surface area contributed by atoms with Gasteiger partial charge in [0.15, 0.2) is 11.3 Å². The fourth-order valence-corrected chi connectivity index (χ4v) is 5.48. The molecule has 0 saturated carbocycles. The third-order valence-corrected chi connectivity index (χ3v) is 8.62. The van der Waals surface area contributed by atoms with Gasteiger partial charge in [-0.15, -0.1) is 0 Å². The molecule has 1 aliphatic heterocycles. The van der Waals surface area contributed by atoms with Crippen molar-refractivity contribution in [2.24, 2.45) is 0 Å². The molecule has 316 valence electrons. The van der Waals surface area contributed by atoms with Crippen molar-refractivity contribution in [1.82, 2.24) is 28.2 Å². The van der Waals surface area contributed by atoms with Crippen LogP contribution in [0.25, 0.3) is 22.3 Å². The maximum atomic E-state index is 13.2. The van der Waals surface area contributed by atoms with Gasteiger partial charge in [0.25, 0.3) is 0 Å². The first-order valence-corrected chi connectivity index (χ1v) is 19.1. The standard InChI is InChI=1S/C22H32BN3O7.C16H20BrN3O5/c1-19(2,3)30-17(28)25-14-11-13(23-32-21(7,8)22(9,10)33-23)12-24-15(14)26(16(25)27)18(29)31-20(4,5)6;1-15(2,3)24-13(22)19-10-7-9(17)8-18-11(10)20(12(19)21)14(23)25-16(4,5)6/h11-12H,1-10H3;7-8H,1-6H3. The minimum Gasteiger partial charge on any atom is -0.443 e. The minimum atomic E-state index is -0.948. The van der Waals surface area contributed by atoms with Crippen LogP contribution in [0.15, 0.2) is 38.6 Å². The second-order valence-electron chi connectivity index (χ2n) is 18.5. The molecule has 5 rings (SSSR count). The molecule has 0 bridgehead atoms. The first kappa shape index (κ1) is 45.9. The van der Waals surface area contributed by atoms with E-state index in [4.69, 9.17) is 28.3 Å². The zero-order valence-corrected chi connectivity index (χ0v) is 37.4. The molecule has 4 aromatic rings. The molecule has 0 N–H and O–H groups in total. The van der Waals surface area contributed by atoms with E-state index in [2.05, 4.69) is 25.9 Å². The average Bonchev–Trinajstić information content (AvgIpc) is 3.54. The van der Waals surface area contributed by atoms with Crippen LogP contribution in [-0.4, -0.2) is 93.3 Å². The Morgan fingerprint density at radius 1 is 0.569 bits per heavy atom. The molecule has 1 aliphatic rings. The van der Waals surface area contributed by atoms with Crippen molar-refractivity contribution in [1.29, 1.82) is 0 Å². The van der Waals surface area contributed by atoms with Crippen LogP contribution in [0.3, 0.4) is 0 Å². The normalized spacial score (nSPS) is 15.5. The lowest BCUT2D eigenvalue weighted by molar-refractivity contribution is 0.00578. The summed E-state index contributed by atoms with van der Waals surface area (Å²) in [5, 5.41) is 0. The van der Waals surface area contributed by atoms with E-state index in [-0.39, 0.29) is 22.3 Å². The maximum absolute atomic E-state index is 13.2. The highest BCUT2D eigenvalue weighted by molar-refractivity contribution is 9.10. The summed E-state index contributed by atoms with van der Waals surface area (Å²) in [6.07, 6.45) is -0.834. The maximum Gasteiger partial charge on any atom is 0.496 e. The van der Waals surface area contributed by atoms with Crippen LogP contribution in [0.5, 0.6) is 0 Å². The molecule has 0 amide bonds. The number of carbonyl (C=O) groups excluding carboxylic acids is 4. The van der Waals surface area contributed by atoms with Gasteiger partial charge in [-0.3, -0.25) is 0 Å². The monoisotopic (exact) mass is 874 g/mol. The van der Waals surface area contributed by atoms with Gasteiger partial charge in [0, 0.05) is 22.3 Å². The second-order valence-corrected chi connectivity index (χ2v) is 19.4. The van der Waals surface area contributed by atoms with Crippen LogP contribution in [0.4, 0.5) is 19.2 Å². The van der Waals surface area contributed by atoms with E-state index in [0.29, 0.717) is 9.94 Å². The van der Waals surface area contributed by atoms with Crippen LogP contribution >= 0.6 is 15.9 Å². The number of carbonyl (C=O) groups is 4. The Bertz CT molecular complexity index is 2380. The minimum absolute atomic E-state index is 0.00769. The zero-order chi connectivity index (χ0) is 44.3. The number of hydrogen-bond donors (Lipinski definition) is 0. The summed E-state index contributed by atoms with van der Waals surface area (Å²) >= 11 is 3.24. The van der Waals surface area contributed by atoms with Crippen LogP contribution in [0.1, 0.15) is 111 Å². The summed E-state index contributed by atoms with van der Waals surface area (Å²) in [7, 11) is -0.779. The molecule has 18 nitrogen and oxygen atoms in total. The second kappa shape index (κ2) is 15.4. The molecular formula is C38H52BBrN6O12. The van der Waals surface area contributed by atoms with E-state index in [9.17, 15) is 28.8 Å². The number of pyridine rings is 2. The van der Waals surface area contributed by atoms with E-state index in [1.54, 1.807) is 83.1 Å². The molecular weight excluding hydrogens is 823 g/mol. The molecule has 0 unspecified atom stereocenters. The first-order chi connectivity index (χ1) is 26.1. The molecule has 5 heterocycles. The SMILES string of the molecule is CC(C)(C)OC(=O)n1c(=O)n(C(=O)OC(C)(C)C)c2ncc(B3OC(C)(C)C(C)(C)O3)cc21.CC(C)(C)OC(=O)n1c(=O)n(C(=O)OC(C)(C)C)c2ncc(Br)cc21. The van der Waals surface area contributed by atoms with Crippen molar-refractivity contribution < 1.29 is 47.4 Å². The predicted octanol–water partition coefficient (Wildman–Crippen LogP) is 6.59. The third-order valence-electron chi connectivity index (χ3n) is 8.18. The Balaban J connectivity index is 0.000000267. The number of aromatic nitrogens is 6. The van der Waals surface area contributed by atoms with Crippen LogP contribution in [-0.2, 0) is 28.3 Å². The first-order valence-electron chi connectivity index (χ1n) is 18.3. The Morgan fingerprint density at radius 2 is 0.879 bits per heavy atom. The van der Waals surface area contributed by atoms with E-state index in [0.717, 1.165) is 18.3 Å². The topological polar surface area (TPSA) is 203 Å². The summed E-state index contributed by atoms with van der Waals surface area (Å²) in [5.74, 6) is 0. The molecule has 0 radical (unpaired) electrons. The third kappa shape index (κ3) is 10.2. The van der Waals surface area contributed by atoms with Gasteiger partial charge in [0.05, 0.1) is 11.2 Å². The highest BCUT2D eigenvalue weighted by Gasteiger charge is 2.52. The molecule has 20 heteroatoms. The number of fused-ring (bicyclic) bond motifs is 2. The molecule has 0 spiro atoms. The number of hydrogen-bond acceptors (Lipinski definition) is 14. The lowest BCUT2D eigenvalue weighted by atomic mass is 9.80. The number of halogens is 1. The van der Waals surface area contributed by atoms with Gasteiger partial charge >= 0.3 is 42.9 Å². The van der Waals surface area contributed by atoms with Crippen molar-refractivity contribution in [3.05, 3.63) is 50.0 Å². The van der Waals surface area contributed by atoms with Gasteiger partial charge < -0.3 is 28.3 Å². The van der Waals surface area contributed by atoms with Crippen LogP contribution in [0.2, 0.25) is 0 Å². The van der Waals surface area contributed by atoms with Gasteiger partial charge in [-0.2, -0.15) is 18.3 Å². The highest BCUT2D eigenvalue weighted by Crippen LogP contribution is 2.36. The van der Waals surface area contributed by atoms with Crippen LogP contribution < -0.4 is 16.8 Å². The number of imidazole rings is 2. The Kier molecular flexibility index (Phi) is 12.2. The Labute approximate surface area is 344 Å². The smallest absolute Gasteiger partial charge is 0.443 e. The number of nitrogens with zero attached hydrogens (tertiary/aromatic N) is 6. The van der Waals surface area contributed by atoms with Crippen molar-refractivity contribution in [2.45, 2.75) is 144 Å². The molecule has 58 heavy (non-hydrogen) atoms. The van der Waals surface area contributed by atoms with E-state index < -0.39 is 76.5 Å². The van der Waals surface area contributed by atoms with Gasteiger partial charge in [0.2, 0.25) is 0 Å². The zero-order valence-electron chi connectivity index (χ0n) is 35.8. The van der Waals surface area contributed by atoms with Crippen molar-refractivity contribution >= 4 is 75.2 Å². The van der Waals surface area contributed by atoms with E-state index >= 15 is 0 Å². The quantitative estimate of drug-likeness (QED) is 0.146. The molecule has 0 aliphatic carbocycles. The number of rotatable bonds is 1. The molecule has 1 fully saturated rings. The average molecular weight is 876 g/mol. The molecule has 0 atom stereocenters. The summed E-state index contributed by atoms with van der Waals surface area (Å²) in [5.41, 5.74) is -5.72. The summed E-state index contributed by atoms with van der Waals surface area (Å²) in [6, 6.07) is 3.05. The molecule has 0 aromatic carbocycles. The van der Waals surface area contributed by atoms with Crippen molar-refractivity contribution in [3.63, 3.8) is 0 Å². The highest BCUT2D eigenvalue weighted by atomic mass is 79.9. The fourth-order valence-electron chi connectivity index (χ4n) is 5.16. The van der Waals surface area contributed by atoms with Gasteiger partial charge in [-0.1, -0.05) is 0 Å². The summed E-state index contributed by atoms with van der Waals surface area (Å²) < 4.78 is 36.9. The van der Waals surface area contributed by atoms with Crippen molar-refractivity contribution in [2.75, 3.05) is 0 Å². The van der Waals surface area contributed by atoms with Gasteiger partial charge in [-0.25, -0.2) is 38.7 Å².